The van der Waals surface area contributed by atoms with E-state index in [1.54, 1.807) is 31.5 Å². The van der Waals surface area contributed by atoms with Gasteiger partial charge in [0.05, 0.1) is 10.5 Å². The van der Waals surface area contributed by atoms with Crippen LogP contribution < -0.4 is 5.56 Å². The number of carbonyl (C=O) groups is 1. The Bertz CT molecular complexity index is 1160. The zero-order chi connectivity index (χ0) is 19.0. The topological polar surface area (TPSA) is 54.7 Å². The number of fused-ring (bicyclic) bond motifs is 1. The molecule has 0 atom stereocenters. The second-order valence-electron chi connectivity index (χ2n) is 5.72. The molecule has 4 rings (SSSR count). The monoisotopic (exact) mass is 411 g/mol. The van der Waals surface area contributed by atoms with E-state index in [4.69, 9.17) is 12.2 Å². The average Bonchev–Trinajstić information content (AvgIpc) is 2.92. The summed E-state index contributed by atoms with van der Waals surface area (Å²) in [5, 5.41) is 0.554. The Kier molecular flexibility index (Phi) is 4.86. The summed E-state index contributed by atoms with van der Waals surface area (Å²) < 4.78 is 1.95. The number of thioether (sulfide) groups is 1. The van der Waals surface area contributed by atoms with Crippen molar-refractivity contribution in [3.8, 4) is 0 Å². The molecule has 1 aliphatic rings. The first kappa shape index (κ1) is 18.0. The zero-order valence-electron chi connectivity index (χ0n) is 14.2. The molecular formula is C19H13N3O2S3. The molecule has 0 bridgehead atoms. The third-order valence-corrected chi connectivity index (χ3v) is 6.45. The van der Waals surface area contributed by atoms with Crippen molar-refractivity contribution < 1.29 is 4.79 Å². The third-order valence-electron chi connectivity index (χ3n) is 3.95. The molecule has 134 valence electrons. The molecule has 1 fully saturated rings. The highest BCUT2D eigenvalue weighted by Crippen LogP contribution is 2.34. The number of likely N-dealkylation sites (N-methyl/N-ethyl adjacent to an activating group) is 1. The van der Waals surface area contributed by atoms with E-state index in [0.717, 1.165) is 4.90 Å². The van der Waals surface area contributed by atoms with E-state index in [1.165, 1.54) is 32.8 Å². The van der Waals surface area contributed by atoms with Crippen molar-refractivity contribution in [2.75, 3.05) is 7.05 Å². The largest absolute Gasteiger partial charge is 0.296 e. The third kappa shape index (κ3) is 3.43. The Balaban J connectivity index is 1.91. The van der Waals surface area contributed by atoms with E-state index in [0.29, 0.717) is 25.5 Å². The van der Waals surface area contributed by atoms with Gasteiger partial charge in [0.2, 0.25) is 0 Å². The zero-order valence-corrected chi connectivity index (χ0v) is 16.6. The lowest BCUT2D eigenvalue weighted by Crippen LogP contribution is -2.23. The Morgan fingerprint density at radius 2 is 1.85 bits per heavy atom. The van der Waals surface area contributed by atoms with Gasteiger partial charge in [0, 0.05) is 18.1 Å². The minimum absolute atomic E-state index is 0.210. The van der Waals surface area contributed by atoms with Crippen molar-refractivity contribution in [2.24, 2.45) is 0 Å². The van der Waals surface area contributed by atoms with Crippen molar-refractivity contribution in [1.29, 1.82) is 0 Å². The minimum atomic E-state index is -0.222. The summed E-state index contributed by atoms with van der Waals surface area (Å²) in [6, 6.07) is 15.1. The molecule has 27 heavy (non-hydrogen) atoms. The van der Waals surface area contributed by atoms with Crippen molar-refractivity contribution in [1.82, 2.24) is 14.3 Å². The van der Waals surface area contributed by atoms with Crippen LogP contribution in [0.2, 0.25) is 0 Å². The van der Waals surface area contributed by atoms with Gasteiger partial charge < -0.3 is 0 Å². The van der Waals surface area contributed by atoms with Crippen molar-refractivity contribution in [3.63, 3.8) is 0 Å². The molecule has 5 nitrogen and oxygen atoms in total. The van der Waals surface area contributed by atoms with Crippen LogP contribution in [-0.2, 0) is 4.79 Å². The summed E-state index contributed by atoms with van der Waals surface area (Å²) >= 11 is 7.77. The molecule has 0 spiro atoms. The van der Waals surface area contributed by atoms with Crippen LogP contribution in [0.4, 0.5) is 0 Å². The van der Waals surface area contributed by atoms with Gasteiger partial charge in [-0.15, -0.1) is 0 Å². The van der Waals surface area contributed by atoms with Crippen molar-refractivity contribution >= 4 is 57.7 Å². The molecular weight excluding hydrogens is 398 g/mol. The summed E-state index contributed by atoms with van der Waals surface area (Å²) in [7, 11) is 1.63. The summed E-state index contributed by atoms with van der Waals surface area (Å²) in [6.45, 7) is 0. The first-order valence-corrected chi connectivity index (χ1v) is 10.0. The number of pyridine rings is 1. The second kappa shape index (κ2) is 7.30. The minimum Gasteiger partial charge on any atom is -0.296 e. The van der Waals surface area contributed by atoms with E-state index in [2.05, 4.69) is 4.98 Å². The number of carbonyl (C=O) groups excluding carboxylic acids is 1. The number of hydrogen-bond acceptors (Lipinski definition) is 6. The van der Waals surface area contributed by atoms with E-state index < -0.39 is 0 Å². The molecule has 8 heteroatoms. The van der Waals surface area contributed by atoms with Gasteiger partial charge in [-0.3, -0.25) is 18.9 Å². The highest BCUT2D eigenvalue weighted by Gasteiger charge is 2.29. The Hall–Kier alpha value is -2.42. The molecule has 1 aliphatic heterocycles. The molecule has 0 radical (unpaired) electrons. The highest BCUT2D eigenvalue weighted by molar-refractivity contribution is 8.26. The number of benzene rings is 1. The van der Waals surface area contributed by atoms with Crippen LogP contribution in [-0.4, -0.2) is 31.6 Å². The molecule has 0 aliphatic carbocycles. The lowest BCUT2D eigenvalue weighted by atomic mass is 10.2. The fraction of sp³-hybridized carbons (Fsp3) is 0.0526. The van der Waals surface area contributed by atoms with Crippen LogP contribution in [0.3, 0.4) is 0 Å². The summed E-state index contributed by atoms with van der Waals surface area (Å²) in [5.41, 5.74) is 0.711. The van der Waals surface area contributed by atoms with Gasteiger partial charge in [0.25, 0.3) is 11.5 Å². The molecule has 3 aromatic rings. The molecule has 1 saturated heterocycles. The molecule has 2 aromatic heterocycles. The number of aromatic nitrogens is 2. The highest BCUT2D eigenvalue weighted by atomic mass is 32.2. The van der Waals surface area contributed by atoms with Crippen molar-refractivity contribution in [3.05, 3.63) is 75.6 Å². The molecule has 1 aromatic carbocycles. The Morgan fingerprint density at radius 3 is 2.56 bits per heavy atom. The number of thiocarbonyl (C=S) groups is 1. The summed E-state index contributed by atoms with van der Waals surface area (Å²) in [6.07, 6.45) is 3.27. The van der Waals surface area contributed by atoms with E-state index >= 15 is 0 Å². The standard InChI is InChI=1S/C19H13N3O2S3/c1-21-18(24)14(27-19(21)25)11-13-16(26-12-7-3-2-4-8-12)20-15-9-5-6-10-22(15)17(13)23/h2-11H,1H3/b14-11-. The fourth-order valence-corrected chi connectivity index (χ4v) is 4.63. The van der Waals surface area contributed by atoms with Gasteiger partial charge in [0.15, 0.2) is 0 Å². The molecule has 3 heterocycles. The molecule has 0 N–H and O–H groups in total. The van der Waals surface area contributed by atoms with Crippen LogP contribution in [0.15, 0.2) is 74.3 Å². The lowest BCUT2D eigenvalue weighted by Gasteiger charge is -2.08. The predicted octanol–water partition coefficient (Wildman–Crippen LogP) is 3.68. The SMILES string of the molecule is CN1C(=O)/C(=C/c2c(Sc3ccccc3)nc3ccccn3c2=O)SC1=S. The quantitative estimate of drug-likeness (QED) is 0.372. The Morgan fingerprint density at radius 1 is 1.11 bits per heavy atom. The number of amides is 1. The predicted molar refractivity (Wildman–Crippen MR) is 113 cm³/mol. The summed E-state index contributed by atoms with van der Waals surface area (Å²) in [5.74, 6) is -0.210. The van der Waals surface area contributed by atoms with Gasteiger partial charge in [0.1, 0.15) is 15.0 Å². The number of rotatable bonds is 3. The van der Waals surface area contributed by atoms with Crippen LogP contribution in [0.5, 0.6) is 0 Å². The van der Waals surface area contributed by atoms with Gasteiger partial charge >= 0.3 is 0 Å². The maximum Gasteiger partial charge on any atom is 0.266 e. The normalized spacial score (nSPS) is 15.9. The van der Waals surface area contributed by atoms with Crippen LogP contribution in [0, 0.1) is 0 Å². The first-order chi connectivity index (χ1) is 13.0. The number of nitrogens with zero attached hydrogens (tertiary/aromatic N) is 3. The van der Waals surface area contributed by atoms with Gasteiger partial charge in [-0.1, -0.05) is 60.0 Å². The maximum atomic E-state index is 13.1. The van der Waals surface area contributed by atoms with Gasteiger partial charge in [-0.05, 0) is 30.3 Å². The maximum absolute atomic E-state index is 13.1. The van der Waals surface area contributed by atoms with Crippen molar-refractivity contribution in [2.45, 2.75) is 9.92 Å². The van der Waals surface area contributed by atoms with Gasteiger partial charge in [-0.25, -0.2) is 4.98 Å². The molecule has 1 amide bonds. The van der Waals surface area contributed by atoms with Gasteiger partial charge in [-0.2, -0.15) is 0 Å². The van der Waals surface area contributed by atoms with E-state index in [-0.39, 0.29) is 11.5 Å². The molecule has 0 saturated carbocycles. The second-order valence-corrected chi connectivity index (χ2v) is 8.46. The van der Waals surface area contributed by atoms with E-state index in [1.807, 2.05) is 36.4 Å². The first-order valence-electron chi connectivity index (χ1n) is 8.00. The lowest BCUT2D eigenvalue weighted by molar-refractivity contribution is -0.121. The van der Waals surface area contributed by atoms with E-state index in [9.17, 15) is 9.59 Å². The van der Waals surface area contributed by atoms with Crippen LogP contribution >= 0.6 is 35.7 Å². The Labute approximate surface area is 169 Å². The molecule has 0 unspecified atom stereocenters. The number of hydrogen-bond donors (Lipinski definition) is 0. The smallest absolute Gasteiger partial charge is 0.266 e. The fourth-order valence-electron chi connectivity index (χ4n) is 2.56. The van der Waals surface area contributed by atoms with Crippen LogP contribution in [0.1, 0.15) is 5.56 Å². The summed E-state index contributed by atoms with van der Waals surface area (Å²) in [4.78, 5) is 32.9. The average molecular weight is 412 g/mol. The van der Waals surface area contributed by atoms with Crippen LogP contribution in [0.25, 0.3) is 11.7 Å².